The lowest BCUT2D eigenvalue weighted by Crippen LogP contribution is -2.50. The molecule has 0 aliphatic carbocycles. The van der Waals surface area contributed by atoms with Crippen LogP contribution in [-0.2, 0) is 22.7 Å². The van der Waals surface area contributed by atoms with Crippen molar-refractivity contribution in [2.75, 3.05) is 13.1 Å². The van der Waals surface area contributed by atoms with Gasteiger partial charge in [0, 0.05) is 24.3 Å². The summed E-state index contributed by atoms with van der Waals surface area (Å²) in [7, 11) is 0. The molecule has 1 aliphatic heterocycles. The van der Waals surface area contributed by atoms with Crippen LogP contribution in [0.25, 0.3) is 10.8 Å². The van der Waals surface area contributed by atoms with Gasteiger partial charge < -0.3 is 25.0 Å². The molecule has 0 bridgehead atoms. The van der Waals surface area contributed by atoms with Crippen LogP contribution < -0.4 is 5.32 Å². The fraction of sp³-hybridized carbons (Fsp3) is 0.250. The van der Waals surface area contributed by atoms with Gasteiger partial charge in [-0.25, -0.2) is 9.59 Å². The average Bonchev–Trinajstić information content (AvgIpc) is 3.26. The first kappa shape index (κ1) is 31.8. The van der Waals surface area contributed by atoms with Crippen LogP contribution in [0.15, 0.2) is 91.0 Å². The molecule has 1 saturated heterocycles. The summed E-state index contributed by atoms with van der Waals surface area (Å²) in [6, 6.07) is 23.6. The number of amides is 2. The lowest BCUT2D eigenvalue weighted by atomic mass is 9.77. The zero-order chi connectivity index (χ0) is 33.1. The number of hydrogen-bond donors (Lipinski definition) is 3. The Kier molecular flexibility index (Phi) is 8.84. The fourth-order valence-corrected chi connectivity index (χ4v) is 5.76. The van der Waals surface area contributed by atoms with Gasteiger partial charge in [0.15, 0.2) is 0 Å². The Labute approximate surface area is 262 Å². The summed E-state index contributed by atoms with van der Waals surface area (Å²) in [5.41, 5.74) is -2.66. The highest BCUT2D eigenvalue weighted by Crippen LogP contribution is 2.48. The number of hydrogen-bond acceptors (Lipinski definition) is 10. The van der Waals surface area contributed by atoms with Gasteiger partial charge in [0.05, 0.1) is 28.9 Å². The predicted octanol–water partition coefficient (Wildman–Crippen LogP) is 4.76. The minimum Gasteiger partial charge on any atom is -0.445 e. The van der Waals surface area contributed by atoms with Crippen molar-refractivity contribution in [2.24, 2.45) is 0 Å². The van der Waals surface area contributed by atoms with E-state index >= 15 is 0 Å². The third-order valence-corrected chi connectivity index (χ3v) is 7.98. The largest absolute Gasteiger partial charge is 0.445 e. The van der Waals surface area contributed by atoms with E-state index in [1.54, 1.807) is 18.2 Å². The third-order valence-electron chi connectivity index (χ3n) is 7.98. The number of alkyl carbamates (subject to hydrolysis) is 1. The van der Waals surface area contributed by atoms with E-state index in [1.807, 2.05) is 24.3 Å². The number of non-ortho nitro benzene ring substituents is 2. The van der Waals surface area contributed by atoms with Gasteiger partial charge in [-0.1, -0.05) is 42.5 Å². The standard InChI is InChI=1S/C32H30N4O10/c1-31(39)28(27-8-4-6-23-5-2-3-7-26(23)27)32(40,19-33-29(37)45-17-21-9-13-24(14-10-21)35(41)42)20-34(31)30(38)46-18-22-11-15-25(16-12-22)36(43)44/h2-16,28,39-40H,17-20H2,1H3,(H,33,37)/t28?,31-,32-/m1/s1. The van der Waals surface area contributed by atoms with Crippen molar-refractivity contribution in [1.29, 1.82) is 0 Å². The van der Waals surface area contributed by atoms with Gasteiger partial charge >= 0.3 is 12.2 Å². The Hall–Kier alpha value is -5.60. The lowest BCUT2D eigenvalue weighted by molar-refractivity contribution is -0.385. The van der Waals surface area contributed by atoms with E-state index in [-0.39, 0.29) is 24.6 Å². The molecule has 0 saturated carbocycles. The highest BCUT2D eigenvalue weighted by Gasteiger charge is 2.61. The van der Waals surface area contributed by atoms with Gasteiger partial charge in [0.25, 0.3) is 11.4 Å². The van der Waals surface area contributed by atoms with Gasteiger partial charge in [0.1, 0.15) is 24.5 Å². The number of ether oxygens (including phenoxy) is 2. The molecule has 238 valence electrons. The number of rotatable bonds is 9. The second-order valence-electron chi connectivity index (χ2n) is 11.1. The first-order valence-corrected chi connectivity index (χ1v) is 14.1. The molecule has 1 unspecified atom stereocenters. The molecule has 14 heteroatoms. The van der Waals surface area contributed by atoms with Crippen LogP contribution >= 0.6 is 0 Å². The Bertz CT molecular complexity index is 1770. The summed E-state index contributed by atoms with van der Waals surface area (Å²) in [6.45, 7) is 0.0527. The molecular formula is C32H30N4O10. The second-order valence-corrected chi connectivity index (χ2v) is 11.1. The van der Waals surface area contributed by atoms with Crippen LogP contribution in [0.3, 0.4) is 0 Å². The number of likely N-dealkylation sites (tertiary alicyclic amines) is 1. The number of nitro groups is 2. The maximum Gasteiger partial charge on any atom is 0.412 e. The Morgan fingerprint density at radius 2 is 1.39 bits per heavy atom. The molecule has 0 aromatic heterocycles. The number of carbonyl (C=O) groups is 2. The number of nitro benzene ring substituents is 2. The summed E-state index contributed by atoms with van der Waals surface area (Å²) in [5.74, 6) is -1.13. The summed E-state index contributed by atoms with van der Waals surface area (Å²) in [6.07, 6.45) is -1.85. The molecule has 5 rings (SSSR count). The average molecular weight is 631 g/mol. The first-order chi connectivity index (χ1) is 21.9. The number of nitrogens with one attached hydrogen (secondary N) is 1. The van der Waals surface area contributed by atoms with Crippen LogP contribution in [0, 0.1) is 20.2 Å². The van der Waals surface area contributed by atoms with Gasteiger partial charge in [0.2, 0.25) is 0 Å². The Morgan fingerprint density at radius 1 is 0.848 bits per heavy atom. The summed E-state index contributed by atoms with van der Waals surface area (Å²) >= 11 is 0. The predicted molar refractivity (Wildman–Crippen MR) is 164 cm³/mol. The van der Waals surface area contributed by atoms with E-state index in [0.717, 1.165) is 15.7 Å². The summed E-state index contributed by atoms with van der Waals surface area (Å²) in [4.78, 5) is 47.8. The molecular weight excluding hydrogens is 600 g/mol. The van der Waals surface area contributed by atoms with Crippen LogP contribution in [-0.4, -0.2) is 61.6 Å². The van der Waals surface area contributed by atoms with Gasteiger partial charge in [-0.3, -0.25) is 25.1 Å². The van der Waals surface area contributed by atoms with Gasteiger partial charge in [-0.2, -0.15) is 0 Å². The number of aliphatic hydroxyl groups is 2. The molecule has 2 amide bonds. The molecule has 14 nitrogen and oxygen atoms in total. The maximum absolute atomic E-state index is 13.4. The molecule has 3 N–H and O–H groups in total. The van der Waals surface area contributed by atoms with Gasteiger partial charge in [-0.05, 0) is 58.7 Å². The van der Waals surface area contributed by atoms with Crippen molar-refractivity contribution in [3.05, 3.63) is 128 Å². The fourth-order valence-electron chi connectivity index (χ4n) is 5.76. The van der Waals surface area contributed by atoms with Crippen molar-refractivity contribution in [2.45, 2.75) is 37.4 Å². The number of fused-ring (bicyclic) bond motifs is 1. The number of benzene rings is 4. The van der Waals surface area contributed by atoms with Crippen LogP contribution in [0.1, 0.15) is 29.5 Å². The molecule has 1 aliphatic rings. The quantitative estimate of drug-likeness (QED) is 0.171. The third kappa shape index (κ3) is 6.57. The zero-order valence-electron chi connectivity index (χ0n) is 24.6. The molecule has 0 radical (unpaired) electrons. The molecule has 4 aromatic rings. The Morgan fingerprint density at radius 3 is 1.98 bits per heavy atom. The van der Waals surface area contributed by atoms with Crippen LogP contribution in [0.4, 0.5) is 21.0 Å². The van der Waals surface area contributed by atoms with Crippen molar-refractivity contribution < 1.29 is 39.1 Å². The number of β-amino-alcohol motifs (C(OH)–C–C–N with tert-alkyl or cyclic N) is 1. The summed E-state index contributed by atoms with van der Waals surface area (Å²) < 4.78 is 10.7. The lowest BCUT2D eigenvalue weighted by Gasteiger charge is -2.36. The summed E-state index contributed by atoms with van der Waals surface area (Å²) in [5, 5.41) is 49.9. The molecule has 46 heavy (non-hydrogen) atoms. The van der Waals surface area contributed by atoms with Gasteiger partial charge in [-0.15, -0.1) is 0 Å². The molecule has 0 spiro atoms. The topological polar surface area (TPSA) is 195 Å². The van der Waals surface area contributed by atoms with Crippen LogP contribution in [0.2, 0.25) is 0 Å². The van der Waals surface area contributed by atoms with E-state index in [4.69, 9.17) is 9.47 Å². The second kappa shape index (κ2) is 12.8. The maximum atomic E-state index is 13.4. The number of carbonyl (C=O) groups excluding carboxylic acids is 2. The van der Waals surface area contributed by atoms with Crippen molar-refractivity contribution in [3.63, 3.8) is 0 Å². The minimum absolute atomic E-state index is 0.112. The van der Waals surface area contributed by atoms with E-state index in [0.29, 0.717) is 16.7 Å². The molecule has 4 aromatic carbocycles. The van der Waals surface area contributed by atoms with E-state index in [9.17, 15) is 40.0 Å². The first-order valence-electron chi connectivity index (χ1n) is 14.1. The normalized spacial score (nSPS) is 20.7. The Balaban J connectivity index is 1.36. The number of nitrogens with zero attached hydrogens (tertiary/aromatic N) is 3. The highest BCUT2D eigenvalue weighted by molar-refractivity contribution is 5.87. The van der Waals surface area contributed by atoms with Crippen LogP contribution in [0.5, 0.6) is 0 Å². The highest BCUT2D eigenvalue weighted by atomic mass is 16.6. The van der Waals surface area contributed by atoms with E-state index < -0.39 is 52.4 Å². The van der Waals surface area contributed by atoms with E-state index in [2.05, 4.69) is 5.32 Å². The zero-order valence-corrected chi connectivity index (χ0v) is 24.6. The SMILES string of the molecule is C[C@@]1(O)C(c2cccc3ccccc23)[C@@](O)(CNC(=O)OCc2ccc([N+](=O)[O-])cc2)CN1C(=O)OCc1ccc([N+](=O)[O-])cc1. The van der Waals surface area contributed by atoms with Crippen molar-refractivity contribution in [1.82, 2.24) is 10.2 Å². The molecule has 3 atom stereocenters. The van der Waals surface area contributed by atoms with E-state index in [1.165, 1.54) is 55.5 Å². The molecule has 1 heterocycles. The smallest absolute Gasteiger partial charge is 0.412 e. The van der Waals surface area contributed by atoms with Crippen molar-refractivity contribution in [3.8, 4) is 0 Å². The van der Waals surface area contributed by atoms with Crippen molar-refractivity contribution >= 4 is 34.3 Å². The minimum atomic E-state index is -2.00. The monoisotopic (exact) mass is 630 g/mol. The molecule has 1 fully saturated rings.